The van der Waals surface area contributed by atoms with Gasteiger partial charge in [-0.15, -0.1) is 11.3 Å². The van der Waals surface area contributed by atoms with Crippen molar-refractivity contribution in [3.8, 4) is 5.75 Å². The molecule has 1 aromatic heterocycles. The Bertz CT molecular complexity index is 494. The van der Waals surface area contributed by atoms with Gasteiger partial charge in [0, 0.05) is 21.4 Å². The summed E-state index contributed by atoms with van der Waals surface area (Å²) in [5, 5.41) is 2.04. The van der Waals surface area contributed by atoms with Gasteiger partial charge in [-0.2, -0.15) is 0 Å². The number of unbranched alkanes of at least 4 members (excludes halogenated alkanes) is 2. The summed E-state index contributed by atoms with van der Waals surface area (Å²) < 4.78 is 17.5. The molecule has 0 fully saturated rings. The predicted molar refractivity (Wildman–Crippen MR) is 86.8 cm³/mol. The van der Waals surface area contributed by atoms with Crippen LogP contribution in [0, 0.1) is 0 Å². The van der Waals surface area contributed by atoms with Crippen LogP contribution in [0.15, 0.2) is 47.8 Å². The van der Waals surface area contributed by atoms with Crippen molar-refractivity contribution >= 4 is 22.1 Å². The summed E-state index contributed by atoms with van der Waals surface area (Å²) in [6.07, 6.45) is 3.10. The van der Waals surface area contributed by atoms with Gasteiger partial charge < -0.3 is 4.74 Å². The van der Waals surface area contributed by atoms with Gasteiger partial charge in [-0.1, -0.05) is 24.3 Å². The minimum atomic E-state index is -0.721. The Morgan fingerprint density at radius 1 is 1.00 bits per heavy atom. The van der Waals surface area contributed by atoms with Crippen molar-refractivity contribution in [1.29, 1.82) is 0 Å². The number of hydrogen-bond acceptors (Lipinski definition) is 3. The molecule has 0 radical (unpaired) electrons. The highest BCUT2D eigenvalue weighted by Crippen LogP contribution is 2.12. The molecule has 1 heterocycles. The fourth-order valence-electron chi connectivity index (χ4n) is 1.87. The van der Waals surface area contributed by atoms with E-state index in [9.17, 15) is 4.21 Å². The highest BCUT2D eigenvalue weighted by Gasteiger charge is 2.02. The molecule has 2 aromatic rings. The summed E-state index contributed by atoms with van der Waals surface area (Å²) >= 11 is 1.68. The maximum atomic E-state index is 11.9. The number of hydrogen-bond donors (Lipinski definition) is 0. The molecule has 1 aromatic carbocycles. The van der Waals surface area contributed by atoms with Gasteiger partial charge in [0.15, 0.2) is 0 Å². The van der Waals surface area contributed by atoms with Gasteiger partial charge >= 0.3 is 0 Å². The first kappa shape index (κ1) is 15.3. The Balaban J connectivity index is 1.50. The lowest BCUT2D eigenvalue weighted by molar-refractivity contribution is 0.306. The van der Waals surface area contributed by atoms with Crippen molar-refractivity contribution in [3.05, 3.63) is 52.7 Å². The maximum absolute atomic E-state index is 11.9. The van der Waals surface area contributed by atoms with Crippen LogP contribution < -0.4 is 4.74 Å². The molecule has 0 aliphatic rings. The predicted octanol–water partition coefficient (Wildman–Crippen LogP) is 4.25. The molecular formula is C16H20O2S2. The van der Waals surface area contributed by atoms with E-state index in [4.69, 9.17) is 4.74 Å². The van der Waals surface area contributed by atoms with Crippen LogP contribution in [0.25, 0.3) is 0 Å². The summed E-state index contributed by atoms with van der Waals surface area (Å²) in [7, 11) is -0.721. The quantitative estimate of drug-likeness (QED) is 0.647. The lowest BCUT2D eigenvalue weighted by Gasteiger charge is -2.05. The smallest absolute Gasteiger partial charge is 0.119 e. The number of benzene rings is 1. The molecule has 0 bridgehead atoms. The van der Waals surface area contributed by atoms with E-state index in [0.29, 0.717) is 5.75 Å². The Kier molecular flexibility index (Phi) is 6.81. The van der Waals surface area contributed by atoms with Gasteiger partial charge in [0.1, 0.15) is 5.75 Å². The summed E-state index contributed by atoms with van der Waals surface area (Å²) in [5.74, 6) is 2.43. The zero-order valence-electron chi connectivity index (χ0n) is 11.5. The van der Waals surface area contributed by atoms with Gasteiger partial charge in [0.05, 0.1) is 12.4 Å². The van der Waals surface area contributed by atoms with Crippen LogP contribution in [0.2, 0.25) is 0 Å². The van der Waals surface area contributed by atoms with E-state index in [1.165, 1.54) is 4.88 Å². The molecule has 0 amide bonds. The summed E-state index contributed by atoms with van der Waals surface area (Å²) in [6.45, 7) is 0.738. The topological polar surface area (TPSA) is 26.3 Å². The molecule has 0 aliphatic carbocycles. The number of para-hydroxylation sites is 1. The zero-order valence-corrected chi connectivity index (χ0v) is 13.1. The molecule has 1 atom stereocenters. The highest BCUT2D eigenvalue weighted by atomic mass is 32.2. The fraction of sp³-hybridized carbons (Fsp3) is 0.375. The second kappa shape index (κ2) is 8.93. The fourth-order valence-corrected chi connectivity index (χ4v) is 4.11. The van der Waals surface area contributed by atoms with Crippen molar-refractivity contribution < 1.29 is 8.95 Å². The van der Waals surface area contributed by atoms with Crippen LogP contribution in [-0.4, -0.2) is 16.6 Å². The average molecular weight is 308 g/mol. The summed E-state index contributed by atoms with van der Waals surface area (Å²) in [4.78, 5) is 1.22. The van der Waals surface area contributed by atoms with Crippen LogP contribution in [0.5, 0.6) is 5.75 Å². The Labute approximate surface area is 127 Å². The van der Waals surface area contributed by atoms with Crippen molar-refractivity contribution in [1.82, 2.24) is 0 Å². The largest absolute Gasteiger partial charge is 0.494 e. The third-order valence-corrected chi connectivity index (χ3v) is 5.35. The van der Waals surface area contributed by atoms with E-state index < -0.39 is 10.8 Å². The third-order valence-electron chi connectivity index (χ3n) is 2.91. The van der Waals surface area contributed by atoms with Crippen molar-refractivity contribution in [3.63, 3.8) is 0 Å². The number of rotatable bonds is 9. The monoisotopic (exact) mass is 308 g/mol. The summed E-state index contributed by atoms with van der Waals surface area (Å²) in [5.41, 5.74) is 0. The van der Waals surface area contributed by atoms with E-state index in [1.54, 1.807) is 11.3 Å². The van der Waals surface area contributed by atoms with E-state index in [0.717, 1.165) is 37.4 Å². The molecule has 20 heavy (non-hydrogen) atoms. The molecule has 0 saturated carbocycles. The molecule has 4 heteroatoms. The minimum absolute atomic E-state index is 0.707. The molecule has 0 aliphatic heterocycles. The second-order valence-corrected chi connectivity index (χ2v) is 7.20. The average Bonchev–Trinajstić information content (AvgIpc) is 2.96. The maximum Gasteiger partial charge on any atom is 0.119 e. The van der Waals surface area contributed by atoms with E-state index in [-0.39, 0.29) is 0 Å². The molecule has 2 rings (SSSR count). The number of thiophene rings is 1. The molecule has 0 spiro atoms. The van der Waals surface area contributed by atoms with Gasteiger partial charge in [-0.3, -0.25) is 4.21 Å². The van der Waals surface area contributed by atoms with E-state index in [2.05, 4.69) is 6.07 Å². The van der Waals surface area contributed by atoms with E-state index >= 15 is 0 Å². The first-order valence-electron chi connectivity index (χ1n) is 6.90. The standard InChI is InChI=1S/C16H20O2S2/c17-20(14-16-10-7-12-19-16)13-6-2-5-11-18-15-8-3-1-4-9-15/h1,3-4,7-10,12H,2,5-6,11,13-14H2. The van der Waals surface area contributed by atoms with Crippen molar-refractivity contribution in [2.75, 3.05) is 12.4 Å². The SMILES string of the molecule is O=S(CCCCCOc1ccccc1)Cc1cccs1. The van der Waals surface area contributed by atoms with Crippen molar-refractivity contribution in [2.45, 2.75) is 25.0 Å². The minimum Gasteiger partial charge on any atom is -0.494 e. The van der Waals surface area contributed by atoms with Crippen LogP contribution >= 0.6 is 11.3 Å². The van der Waals surface area contributed by atoms with Crippen LogP contribution in [0.1, 0.15) is 24.1 Å². The van der Waals surface area contributed by atoms with Crippen molar-refractivity contribution in [2.24, 2.45) is 0 Å². The number of ether oxygens (including phenoxy) is 1. The second-order valence-electron chi connectivity index (χ2n) is 4.59. The normalized spacial score (nSPS) is 12.2. The van der Waals surface area contributed by atoms with E-state index in [1.807, 2.05) is 41.8 Å². The lowest BCUT2D eigenvalue weighted by atomic mass is 10.3. The Morgan fingerprint density at radius 3 is 2.60 bits per heavy atom. The van der Waals surface area contributed by atoms with Gasteiger partial charge in [-0.25, -0.2) is 0 Å². The van der Waals surface area contributed by atoms with Crippen LogP contribution in [-0.2, 0) is 16.6 Å². The molecule has 2 nitrogen and oxygen atoms in total. The zero-order chi connectivity index (χ0) is 14.0. The lowest BCUT2D eigenvalue weighted by Crippen LogP contribution is -2.02. The highest BCUT2D eigenvalue weighted by molar-refractivity contribution is 7.84. The van der Waals surface area contributed by atoms with Gasteiger partial charge in [0.25, 0.3) is 0 Å². The van der Waals surface area contributed by atoms with Gasteiger partial charge in [-0.05, 0) is 42.8 Å². The first-order valence-corrected chi connectivity index (χ1v) is 9.26. The van der Waals surface area contributed by atoms with Crippen LogP contribution in [0.4, 0.5) is 0 Å². The molecule has 1 unspecified atom stereocenters. The molecule has 0 saturated heterocycles. The Morgan fingerprint density at radius 2 is 1.85 bits per heavy atom. The Hall–Kier alpha value is -1.13. The molecule has 108 valence electrons. The molecule has 0 N–H and O–H groups in total. The summed E-state index contributed by atoms with van der Waals surface area (Å²) in [6, 6.07) is 13.9. The molecular weight excluding hydrogens is 288 g/mol. The third kappa shape index (κ3) is 5.88. The van der Waals surface area contributed by atoms with Gasteiger partial charge in [0.2, 0.25) is 0 Å². The first-order chi connectivity index (χ1) is 9.84. The van der Waals surface area contributed by atoms with Crippen LogP contribution in [0.3, 0.4) is 0 Å².